The van der Waals surface area contributed by atoms with E-state index in [4.69, 9.17) is 0 Å². The minimum atomic E-state index is -0.637. The van der Waals surface area contributed by atoms with Gasteiger partial charge in [-0.15, -0.1) is 11.3 Å². The Balaban J connectivity index is 2.08. The van der Waals surface area contributed by atoms with Crippen LogP contribution in [0.5, 0.6) is 17.2 Å². The number of aryl methyl sites for hydroxylation is 2. The Hall–Kier alpha value is -2.48. The second kappa shape index (κ2) is 5.25. The molecule has 7 nitrogen and oxygen atoms in total. The van der Waals surface area contributed by atoms with Crippen LogP contribution in [0.15, 0.2) is 12.1 Å². The van der Waals surface area contributed by atoms with Gasteiger partial charge in [-0.1, -0.05) is 0 Å². The molecule has 0 aliphatic heterocycles. The van der Waals surface area contributed by atoms with Gasteiger partial charge in [-0.25, -0.2) is 9.78 Å². The number of nitrogens with zero attached hydrogens (tertiary/aromatic N) is 1. The number of rotatable bonds is 2. The van der Waals surface area contributed by atoms with Gasteiger partial charge in [-0.3, -0.25) is 5.32 Å². The average molecular weight is 295 g/mol. The van der Waals surface area contributed by atoms with Crippen LogP contribution in [0.3, 0.4) is 0 Å². The molecule has 0 radical (unpaired) electrons. The summed E-state index contributed by atoms with van der Waals surface area (Å²) in [7, 11) is 0. The lowest BCUT2D eigenvalue weighted by atomic mass is 10.2. The summed E-state index contributed by atoms with van der Waals surface area (Å²) in [5.41, 5.74) is 0.977. The average Bonchev–Trinajstić information content (AvgIpc) is 2.64. The number of nitrogens with one attached hydrogen (secondary N) is 2. The van der Waals surface area contributed by atoms with Gasteiger partial charge in [0.25, 0.3) is 0 Å². The molecule has 2 amide bonds. The highest BCUT2D eigenvalue weighted by Gasteiger charge is 2.11. The van der Waals surface area contributed by atoms with Crippen molar-refractivity contribution in [3.63, 3.8) is 0 Å². The molecule has 0 saturated carbocycles. The van der Waals surface area contributed by atoms with Crippen molar-refractivity contribution in [3.8, 4) is 17.2 Å². The predicted molar refractivity (Wildman–Crippen MR) is 75.7 cm³/mol. The normalized spacial score (nSPS) is 10.3. The molecule has 0 aliphatic carbocycles. The standard InChI is InChI=1S/C12H13N3O4S/c1-5-6(2)20-12(13-5)15-11(19)14-7-3-8(16)10(18)9(17)4-7/h3-4,16-18H,1-2H3,(H2,13,14,15,19). The molecule has 1 aromatic heterocycles. The van der Waals surface area contributed by atoms with Crippen LogP contribution in [0.1, 0.15) is 10.6 Å². The number of carbonyl (C=O) groups is 1. The van der Waals surface area contributed by atoms with Gasteiger partial charge in [-0.2, -0.15) is 0 Å². The first-order valence-electron chi connectivity index (χ1n) is 5.64. The van der Waals surface area contributed by atoms with Gasteiger partial charge in [0.2, 0.25) is 0 Å². The van der Waals surface area contributed by atoms with E-state index in [0.29, 0.717) is 5.13 Å². The van der Waals surface area contributed by atoms with Gasteiger partial charge >= 0.3 is 6.03 Å². The lowest BCUT2D eigenvalue weighted by molar-refractivity contribution is 0.262. The Labute approximate surface area is 118 Å². The lowest BCUT2D eigenvalue weighted by Gasteiger charge is -2.07. The van der Waals surface area contributed by atoms with Crippen LogP contribution in [0, 0.1) is 13.8 Å². The molecular weight excluding hydrogens is 282 g/mol. The zero-order chi connectivity index (χ0) is 14.9. The molecule has 0 saturated heterocycles. The number of urea groups is 1. The molecule has 20 heavy (non-hydrogen) atoms. The SMILES string of the molecule is Cc1nc(NC(=O)Nc2cc(O)c(O)c(O)c2)sc1C. The first kappa shape index (κ1) is 13.9. The van der Waals surface area contributed by atoms with Crippen LogP contribution in [-0.2, 0) is 0 Å². The van der Waals surface area contributed by atoms with Crippen LogP contribution in [-0.4, -0.2) is 26.3 Å². The largest absolute Gasteiger partial charge is 0.504 e. The Kier molecular flexibility index (Phi) is 3.66. The fourth-order valence-corrected chi connectivity index (χ4v) is 2.27. The second-order valence-electron chi connectivity index (χ2n) is 4.10. The number of carbonyl (C=O) groups excluding carboxylic acids is 1. The molecule has 0 fully saturated rings. The number of phenols is 3. The maximum absolute atomic E-state index is 11.7. The number of benzene rings is 1. The van der Waals surface area contributed by atoms with Crippen LogP contribution < -0.4 is 10.6 Å². The first-order valence-corrected chi connectivity index (χ1v) is 6.45. The number of aromatic nitrogens is 1. The number of aromatic hydroxyl groups is 3. The zero-order valence-electron chi connectivity index (χ0n) is 10.8. The van der Waals surface area contributed by atoms with Crippen molar-refractivity contribution in [3.05, 3.63) is 22.7 Å². The van der Waals surface area contributed by atoms with E-state index in [9.17, 15) is 20.1 Å². The molecule has 2 aromatic rings. The van der Waals surface area contributed by atoms with Crippen molar-refractivity contribution in [2.45, 2.75) is 13.8 Å². The maximum atomic E-state index is 11.7. The minimum Gasteiger partial charge on any atom is -0.504 e. The fourth-order valence-electron chi connectivity index (χ4n) is 1.46. The summed E-state index contributed by atoms with van der Waals surface area (Å²) in [6.45, 7) is 3.73. The van der Waals surface area contributed by atoms with E-state index >= 15 is 0 Å². The van der Waals surface area contributed by atoms with E-state index in [1.54, 1.807) is 0 Å². The molecule has 5 N–H and O–H groups in total. The summed E-state index contributed by atoms with van der Waals surface area (Å²) < 4.78 is 0. The van der Waals surface area contributed by atoms with Gasteiger partial charge < -0.3 is 20.6 Å². The Morgan fingerprint density at radius 1 is 1.15 bits per heavy atom. The highest BCUT2D eigenvalue weighted by Crippen LogP contribution is 2.37. The summed E-state index contributed by atoms with van der Waals surface area (Å²) in [6, 6.07) is 1.67. The number of thiazole rings is 1. The monoisotopic (exact) mass is 295 g/mol. The molecule has 1 aromatic carbocycles. The third-order valence-corrected chi connectivity index (χ3v) is 3.56. The summed E-state index contributed by atoms with van der Waals surface area (Å²) in [5, 5.41) is 33.3. The Morgan fingerprint density at radius 3 is 2.25 bits per heavy atom. The van der Waals surface area contributed by atoms with E-state index < -0.39 is 23.3 Å². The molecule has 2 rings (SSSR count). The van der Waals surface area contributed by atoms with E-state index in [-0.39, 0.29) is 5.69 Å². The number of phenolic OH excluding ortho intramolecular Hbond substituents is 3. The van der Waals surface area contributed by atoms with Crippen molar-refractivity contribution in [2.75, 3.05) is 10.6 Å². The maximum Gasteiger partial charge on any atom is 0.325 e. The molecule has 0 atom stereocenters. The number of hydrogen-bond donors (Lipinski definition) is 5. The summed E-state index contributed by atoms with van der Waals surface area (Å²) in [5.74, 6) is -1.69. The molecule has 8 heteroatoms. The highest BCUT2D eigenvalue weighted by molar-refractivity contribution is 7.15. The Bertz CT molecular complexity index is 626. The van der Waals surface area contributed by atoms with E-state index in [1.165, 1.54) is 11.3 Å². The van der Waals surface area contributed by atoms with Gasteiger partial charge in [0.15, 0.2) is 22.4 Å². The minimum absolute atomic E-state index is 0.139. The van der Waals surface area contributed by atoms with Gasteiger partial charge in [0, 0.05) is 17.0 Å². The quantitative estimate of drug-likeness (QED) is 0.431. The van der Waals surface area contributed by atoms with E-state index in [1.807, 2.05) is 13.8 Å². The summed E-state index contributed by atoms with van der Waals surface area (Å²) in [4.78, 5) is 16.9. The van der Waals surface area contributed by atoms with Crippen LogP contribution in [0.4, 0.5) is 15.6 Å². The first-order chi connectivity index (χ1) is 9.36. The molecule has 106 valence electrons. The molecule has 0 bridgehead atoms. The number of hydrogen-bond acceptors (Lipinski definition) is 6. The number of anilines is 2. The van der Waals surface area contributed by atoms with Crippen LogP contribution >= 0.6 is 11.3 Å². The molecule has 0 unspecified atom stereocenters. The fraction of sp³-hybridized carbons (Fsp3) is 0.167. The van der Waals surface area contributed by atoms with Crippen LogP contribution in [0.25, 0.3) is 0 Å². The van der Waals surface area contributed by atoms with E-state index in [0.717, 1.165) is 22.7 Å². The van der Waals surface area contributed by atoms with Crippen molar-refractivity contribution in [2.24, 2.45) is 0 Å². The third kappa shape index (κ3) is 2.91. The number of amides is 2. The van der Waals surface area contributed by atoms with Gasteiger partial charge in [0.05, 0.1) is 11.4 Å². The van der Waals surface area contributed by atoms with Crippen molar-refractivity contribution in [1.29, 1.82) is 0 Å². The van der Waals surface area contributed by atoms with Crippen molar-refractivity contribution in [1.82, 2.24) is 4.98 Å². The smallest absolute Gasteiger partial charge is 0.325 e. The molecule has 1 heterocycles. The van der Waals surface area contributed by atoms with Crippen molar-refractivity contribution >= 4 is 28.2 Å². The molecular formula is C12H13N3O4S. The molecule has 0 aliphatic rings. The van der Waals surface area contributed by atoms with Gasteiger partial charge in [-0.05, 0) is 13.8 Å². The van der Waals surface area contributed by atoms with Gasteiger partial charge in [0.1, 0.15) is 0 Å². The zero-order valence-corrected chi connectivity index (χ0v) is 11.6. The topological polar surface area (TPSA) is 115 Å². The predicted octanol–water partition coefficient (Wildman–Crippen LogP) is 2.52. The third-order valence-electron chi connectivity index (χ3n) is 2.58. The Morgan fingerprint density at radius 2 is 1.75 bits per heavy atom. The molecule has 0 spiro atoms. The summed E-state index contributed by atoms with van der Waals surface area (Å²) >= 11 is 1.34. The van der Waals surface area contributed by atoms with Crippen LogP contribution in [0.2, 0.25) is 0 Å². The van der Waals surface area contributed by atoms with Crippen molar-refractivity contribution < 1.29 is 20.1 Å². The second-order valence-corrected chi connectivity index (χ2v) is 5.31. The highest BCUT2D eigenvalue weighted by atomic mass is 32.1. The summed E-state index contributed by atoms with van der Waals surface area (Å²) in [6.07, 6.45) is 0. The lowest BCUT2D eigenvalue weighted by Crippen LogP contribution is -2.19. The van der Waals surface area contributed by atoms with E-state index in [2.05, 4.69) is 15.6 Å².